The molecule has 0 amide bonds. The smallest absolute Gasteiger partial charge is 0.200 e. The molecule has 2 aliphatic rings. The molecule has 0 heterocycles. The number of ether oxygens (including phenoxy) is 1. The molecule has 0 spiro atoms. The largest absolute Gasteiger partial charge is 0.500 e. The number of hydrogen-bond acceptors (Lipinski definition) is 4. The number of allylic oxidation sites excluding steroid dienone is 4. The summed E-state index contributed by atoms with van der Waals surface area (Å²) in [4.78, 5) is 28.5. The van der Waals surface area contributed by atoms with Crippen molar-refractivity contribution in [3.05, 3.63) is 36.1 Å². The Bertz CT molecular complexity index is 868. The molecule has 3 atom stereocenters. The van der Waals surface area contributed by atoms with Crippen molar-refractivity contribution in [3.63, 3.8) is 0 Å². The summed E-state index contributed by atoms with van der Waals surface area (Å²) >= 11 is 0. The van der Waals surface area contributed by atoms with Crippen molar-refractivity contribution in [1.82, 2.24) is 0 Å². The molecule has 4 nitrogen and oxygen atoms in total. The van der Waals surface area contributed by atoms with Crippen LogP contribution in [0, 0.1) is 22.2 Å². The van der Waals surface area contributed by atoms with Crippen molar-refractivity contribution < 1.29 is 18.8 Å². The summed E-state index contributed by atoms with van der Waals surface area (Å²) in [6, 6.07) is 0. The fourth-order valence-electron chi connectivity index (χ4n) is 7.36. The number of carbonyl (C=O) groups is 2. The lowest BCUT2D eigenvalue weighted by atomic mass is 9.42. The van der Waals surface area contributed by atoms with Gasteiger partial charge < -0.3 is 9.16 Å². The van der Waals surface area contributed by atoms with Gasteiger partial charge in [-0.3, -0.25) is 9.59 Å². The predicted molar refractivity (Wildman–Crippen MR) is 148 cm³/mol. The van der Waals surface area contributed by atoms with Crippen LogP contribution in [-0.2, 0) is 18.8 Å². The molecule has 0 unspecified atom stereocenters. The van der Waals surface area contributed by atoms with Gasteiger partial charge in [-0.05, 0) is 61.1 Å². The second-order valence-electron chi connectivity index (χ2n) is 12.6. The van der Waals surface area contributed by atoms with E-state index in [0.29, 0.717) is 35.2 Å². The highest BCUT2D eigenvalue weighted by Gasteiger charge is 2.71. The van der Waals surface area contributed by atoms with Crippen molar-refractivity contribution in [2.24, 2.45) is 22.2 Å². The van der Waals surface area contributed by atoms with Crippen LogP contribution in [0.4, 0.5) is 0 Å². The van der Waals surface area contributed by atoms with Crippen molar-refractivity contribution in [2.75, 3.05) is 13.7 Å². The van der Waals surface area contributed by atoms with E-state index in [4.69, 9.17) is 9.16 Å². The zero-order valence-corrected chi connectivity index (χ0v) is 25.2. The predicted octanol–water partition coefficient (Wildman–Crippen LogP) is 7.81. The summed E-state index contributed by atoms with van der Waals surface area (Å²) in [5, 5.41) is 0. The van der Waals surface area contributed by atoms with E-state index in [9.17, 15) is 9.59 Å². The van der Waals surface area contributed by atoms with Gasteiger partial charge in [-0.25, -0.2) is 0 Å². The third kappa shape index (κ3) is 4.45. The Balaban J connectivity index is 2.83. The minimum absolute atomic E-state index is 0.0173. The monoisotopic (exact) mass is 502 g/mol. The van der Waals surface area contributed by atoms with E-state index >= 15 is 0 Å². The Morgan fingerprint density at radius 3 is 2.09 bits per heavy atom. The third-order valence-electron chi connectivity index (χ3n) is 9.47. The highest BCUT2D eigenvalue weighted by atomic mass is 28.4. The average molecular weight is 503 g/mol. The molecule has 2 bridgehead atoms. The van der Waals surface area contributed by atoms with Crippen molar-refractivity contribution in [2.45, 2.75) is 105 Å². The summed E-state index contributed by atoms with van der Waals surface area (Å²) in [6.45, 7) is 26.2. The molecule has 0 aliphatic heterocycles. The van der Waals surface area contributed by atoms with Crippen molar-refractivity contribution in [3.8, 4) is 0 Å². The normalized spacial score (nSPS) is 28.4. The SMILES string of the molecule is C=CC[C@H]1C[C@]2(CC=C(C)C)C(=O)C=C(OC)[C@@](CO[Si](C(C)C)(C(C)C)C(C)C)(C2=O)C1(C)C. The molecule has 1 saturated carbocycles. The number of hydrogen-bond donors (Lipinski definition) is 0. The molecular formula is C30H50O4Si. The Morgan fingerprint density at radius 1 is 1.11 bits per heavy atom. The maximum atomic E-state index is 14.8. The lowest BCUT2D eigenvalue weighted by Gasteiger charge is -2.61. The quantitative estimate of drug-likeness (QED) is 0.164. The molecule has 0 aromatic heterocycles. The highest BCUT2D eigenvalue weighted by molar-refractivity contribution is 6.77. The number of methoxy groups -OCH3 is 1. The van der Waals surface area contributed by atoms with Gasteiger partial charge in [0.2, 0.25) is 0 Å². The second kappa shape index (κ2) is 10.5. The van der Waals surface area contributed by atoms with Gasteiger partial charge in [0.1, 0.15) is 11.2 Å². The molecule has 5 heteroatoms. The molecule has 0 N–H and O–H groups in total. The second-order valence-corrected chi connectivity index (χ2v) is 18.1. The minimum Gasteiger partial charge on any atom is -0.500 e. The van der Waals surface area contributed by atoms with Gasteiger partial charge in [0.05, 0.1) is 19.1 Å². The molecule has 0 aromatic carbocycles. The Kier molecular flexibility index (Phi) is 8.92. The van der Waals surface area contributed by atoms with Gasteiger partial charge in [0, 0.05) is 6.08 Å². The molecule has 2 aliphatic carbocycles. The van der Waals surface area contributed by atoms with E-state index < -0.39 is 24.6 Å². The zero-order chi connectivity index (χ0) is 27.0. The third-order valence-corrected chi connectivity index (χ3v) is 15.5. The number of carbonyl (C=O) groups excluding carboxylic acids is 2. The molecule has 35 heavy (non-hydrogen) atoms. The van der Waals surface area contributed by atoms with Gasteiger partial charge >= 0.3 is 0 Å². The summed E-state index contributed by atoms with van der Waals surface area (Å²) in [5.74, 6) is 0.426. The Hall–Kier alpha value is -1.46. The molecular weight excluding hydrogens is 452 g/mol. The maximum Gasteiger partial charge on any atom is 0.200 e. The lowest BCUT2D eigenvalue weighted by Crippen LogP contribution is -2.67. The first-order valence-electron chi connectivity index (χ1n) is 13.4. The molecule has 2 rings (SSSR count). The van der Waals surface area contributed by atoms with Crippen molar-refractivity contribution in [1.29, 1.82) is 0 Å². The van der Waals surface area contributed by atoms with E-state index in [0.717, 1.165) is 12.0 Å². The Labute approximate surface area is 215 Å². The van der Waals surface area contributed by atoms with E-state index in [1.807, 2.05) is 26.0 Å². The zero-order valence-electron chi connectivity index (χ0n) is 24.2. The van der Waals surface area contributed by atoms with E-state index in [2.05, 4.69) is 62.0 Å². The first-order chi connectivity index (χ1) is 16.1. The summed E-state index contributed by atoms with van der Waals surface area (Å²) in [7, 11) is -0.692. The number of Topliss-reactive ketones (excluding diaryl/α,β-unsaturated/α-hetero) is 1. The minimum atomic E-state index is -2.28. The van der Waals surface area contributed by atoms with Crippen LogP contribution in [0.5, 0.6) is 0 Å². The van der Waals surface area contributed by atoms with Gasteiger partial charge in [-0.1, -0.05) is 73.1 Å². The summed E-state index contributed by atoms with van der Waals surface area (Å²) in [6.07, 6.45) is 7.29. The fourth-order valence-corrected chi connectivity index (χ4v) is 12.8. The number of fused-ring (bicyclic) bond motifs is 2. The molecule has 0 aromatic rings. The van der Waals surface area contributed by atoms with Crippen LogP contribution in [-0.4, -0.2) is 33.6 Å². The number of rotatable bonds is 11. The van der Waals surface area contributed by atoms with E-state index in [1.165, 1.54) is 0 Å². The van der Waals surface area contributed by atoms with Crippen LogP contribution >= 0.6 is 0 Å². The van der Waals surface area contributed by atoms with Crippen LogP contribution in [0.3, 0.4) is 0 Å². The van der Waals surface area contributed by atoms with Crippen LogP contribution in [0.2, 0.25) is 16.6 Å². The van der Waals surface area contributed by atoms with Gasteiger partial charge in [0.25, 0.3) is 0 Å². The standard InChI is InChI=1S/C30H50O4Si/c1-13-14-24-18-29(16-15-20(2)3)25(31)17-26(33-12)30(27(29)32,28(24,10)11)19-34-35(21(4)5,22(6)7)23(8)9/h13,15,17,21-24H,1,14,16,18-19H2,2-12H3/t24-,29+,30-/m0/s1. The van der Waals surface area contributed by atoms with Crippen LogP contribution < -0.4 is 0 Å². The molecule has 198 valence electrons. The summed E-state index contributed by atoms with van der Waals surface area (Å²) in [5.41, 5.74) is -0.294. The van der Waals surface area contributed by atoms with Crippen LogP contribution in [0.15, 0.2) is 36.1 Å². The van der Waals surface area contributed by atoms with Gasteiger partial charge in [-0.15, -0.1) is 6.58 Å². The van der Waals surface area contributed by atoms with Crippen LogP contribution in [0.1, 0.15) is 88.5 Å². The molecule has 0 radical (unpaired) electrons. The molecule has 0 saturated heterocycles. The topological polar surface area (TPSA) is 52.6 Å². The fraction of sp³-hybridized carbons (Fsp3) is 0.733. The molecule has 1 fully saturated rings. The Morgan fingerprint density at radius 2 is 1.66 bits per heavy atom. The highest BCUT2D eigenvalue weighted by Crippen LogP contribution is 2.65. The van der Waals surface area contributed by atoms with E-state index in [1.54, 1.807) is 13.2 Å². The van der Waals surface area contributed by atoms with E-state index in [-0.39, 0.29) is 24.1 Å². The van der Waals surface area contributed by atoms with Gasteiger partial charge in [0.15, 0.2) is 19.9 Å². The first kappa shape index (κ1) is 29.8. The maximum absolute atomic E-state index is 14.8. The summed E-state index contributed by atoms with van der Waals surface area (Å²) < 4.78 is 13.1. The first-order valence-corrected chi connectivity index (χ1v) is 15.5. The van der Waals surface area contributed by atoms with Crippen LogP contribution in [0.25, 0.3) is 0 Å². The van der Waals surface area contributed by atoms with Crippen molar-refractivity contribution >= 4 is 19.9 Å². The number of ketones is 2. The average Bonchev–Trinajstić information content (AvgIpc) is 2.74. The van der Waals surface area contributed by atoms with Gasteiger partial charge in [-0.2, -0.15) is 0 Å². The lowest BCUT2D eigenvalue weighted by molar-refractivity contribution is -0.174.